The summed E-state index contributed by atoms with van der Waals surface area (Å²) in [6, 6.07) is 7.49. The van der Waals surface area contributed by atoms with Crippen molar-refractivity contribution < 1.29 is 32.9 Å². The number of thioether (sulfide) groups is 1. The van der Waals surface area contributed by atoms with Gasteiger partial charge in [0, 0.05) is 31.9 Å². The van der Waals surface area contributed by atoms with Gasteiger partial charge in [-0.2, -0.15) is 0 Å². The third kappa shape index (κ3) is 4.87. The Morgan fingerprint density at radius 3 is 2.56 bits per heavy atom. The fourth-order valence-electron chi connectivity index (χ4n) is 5.37. The Morgan fingerprint density at radius 1 is 1.08 bits per heavy atom. The van der Waals surface area contributed by atoms with Crippen molar-refractivity contribution >= 4 is 40.3 Å². The van der Waals surface area contributed by atoms with E-state index in [0.29, 0.717) is 43.9 Å². The third-order valence-corrected chi connectivity index (χ3v) is 8.27. The van der Waals surface area contributed by atoms with Gasteiger partial charge in [-0.3, -0.25) is 9.69 Å². The van der Waals surface area contributed by atoms with Crippen LogP contribution in [0.15, 0.2) is 33.6 Å². The molecular weight excluding hydrogens is 502 g/mol. The molecule has 0 N–H and O–H groups in total. The number of carbonyl (C=O) groups is 1. The van der Waals surface area contributed by atoms with Crippen LogP contribution in [-0.4, -0.2) is 56.1 Å². The molecule has 2 saturated carbocycles. The molecule has 0 radical (unpaired) electrons. The second-order valence-corrected chi connectivity index (χ2v) is 10.8. The normalized spacial score (nSPS) is 24.2. The van der Waals surface area contributed by atoms with Crippen molar-refractivity contribution in [2.75, 3.05) is 34.9 Å². The van der Waals surface area contributed by atoms with E-state index in [0.717, 1.165) is 17.9 Å². The lowest BCUT2D eigenvalue weighted by molar-refractivity contribution is -0.124. The first kappa shape index (κ1) is 25.1. The first-order valence-electron chi connectivity index (χ1n) is 11.8. The zero-order valence-corrected chi connectivity index (χ0v) is 22.1. The molecule has 3 atom stereocenters. The van der Waals surface area contributed by atoms with Crippen molar-refractivity contribution in [3.8, 4) is 28.6 Å². The topological polar surface area (TPSA) is 79.6 Å². The summed E-state index contributed by atoms with van der Waals surface area (Å²) < 4.78 is 33.7. The molecular formula is C26H29NO7S2. The van der Waals surface area contributed by atoms with Crippen molar-refractivity contribution in [1.82, 2.24) is 4.90 Å². The molecule has 1 aliphatic heterocycles. The SMILES string of the molecule is COCOc1cc(-c2ccc(/C=C3\SC(=S)N(C4CC5CCC4C5)C3=O)o2)cc(OC)c1OCOC. The highest BCUT2D eigenvalue weighted by molar-refractivity contribution is 8.26. The summed E-state index contributed by atoms with van der Waals surface area (Å²) in [6.45, 7) is 0.0636. The van der Waals surface area contributed by atoms with Gasteiger partial charge in [0.1, 0.15) is 15.8 Å². The number of furan rings is 1. The molecule has 5 rings (SSSR count). The Hall–Kier alpha value is -2.53. The van der Waals surface area contributed by atoms with Gasteiger partial charge in [-0.25, -0.2) is 0 Å². The zero-order valence-electron chi connectivity index (χ0n) is 20.5. The maximum absolute atomic E-state index is 13.3. The van der Waals surface area contributed by atoms with Gasteiger partial charge >= 0.3 is 0 Å². The van der Waals surface area contributed by atoms with E-state index < -0.39 is 0 Å². The van der Waals surface area contributed by atoms with E-state index in [1.165, 1.54) is 45.2 Å². The summed E-state index contributed by atoms with van der Waals surface area (Å²) >= 11 is 6.95. The molecule has 1 saturated heterocycles. The fraction of sp³-hybridized carbons (Fsp3) is 0.462. The van der Waals surface area contributed by atoms with Crippen molar-refractivity contribution in [1.29, 1.82) is 0 Å². The van der Waals surface area contributed by atoms with Crippen LogP contribution in [-0.2, 0) is 14.3 Å². The van der Waals surface area contributed by atoms with Crippen molar-refractivity contribution in [3.05, 3.63) is 34.9 Å². The summed E-state index contributed by atoms with van der Waals surface area (Å²) in [7, 11) is 4.62. The molecule has 36 heavy (non-hydrogen) atoms. The fourth-order valence-corrected chi connectivity index (χ4v) is 6.72. The smallest absolute Gasteiger partial charge is 0.266 e. The lowest BCUT2D eigenvalue weighted by atomic mass is 9.94. The highest BCUT2D eigenvalue weighted by Crippen LogP contribution is 2.49. The predicted molar refractivity (Wildman–Crippen MR) is 140 cm³/mol. The van der Waals surface area contributed by atoms with Gasteiger partial charge in [0.05, 0.1) is 12.0 Å². The van der Waals surface area contributed by atoms with Gasteiger partial charge in [-0.15, -0.1) is 0 Å². The number of rotatable bonds is 10. The van der Waals surface area contributed by atoms with Crippen LogP contribution in [0.2, 0.25) is 0 Å². The summed E-state index contributed by atoms with van der Waals surface area (Å²) in [5, 5.41) is 0. The molecule has 2 bridgehead atoms. The summed E-state index contributed by atoms with van der Waals surface area (Å²) in [6.07, 6.45) is 6.53. The Kier molecular flexibility index (Phi) is 7.57. The average molecular weight is 532 g/mol. The number of hydrogen-bond donors (Lipinski definition) is 0. The highest BCUT2D eigenvalue weighted by Gasteiger charge is 2.48. The number of methoxy groups -OCH3 is 3. The summed E-state index contributed by atoms with van der Waals surface area (Å²) in [5.41, 5.74) is 0.719. The Morgan fingerprint density at radius 2 is 1.86 bits per heavy atom. The summed E-state index contributed by atoms with van der Waals surface area (Å²) in [4.78, 5) is 15.7. The van der Waals surface area contributed by atoms with E-state index >= 15 is 0 Å². The van der Waals surface area contributed by atoms with Crippen LogP contribution in [0.4, 0.5) is 0 Å². The number of thiocarbonyl (C=S) groups is 1. The Labute approximate surface area is 219 Å². The first-order valence-corrected chi connectivity index (χ1v) is 13.1. The largest absolute Gasteiger partial charge is 0.493 e. The number of amides is 1. The molecule has 2 aliphatic carbocycles. The quantitative estimate of drug-likeness (QED) is 0.230. The van der Waals surface area contributed by atoms with E-state index in [-0.39, 0.29) is 25.5 Å². The van der Waals surface area contributed by atoms with E-state index in [1.54, 1.807) is 25.3 Å². The van der Waals surface area contributed by atoms with E-state index in [1.807, 2.05) is 17.0 Å². The van der Waals surface area contributed by atoms with Crippen LogP contribution < -0.4 is 14.2 Å². The molecule has 3 aliphatic rings. The lowest BCUT2D eigenvalue weighted by Crippen LogP contribution is -2.41. The number of fused-ring (bicyclic) bond motifs is 2. The van der Waals surface area contributed by atoms with Crippen LogP contribution in [0.1, 0.15) is 31.4 Å². The van der Waals surface area contributed by atoms with Crippen LogP contribution in [0, 0.1) is 11.8 Å². The molecule has 10 heteroatoms. The first-order chi connectivity index (χ1) is 17.5. The molecule has 1 amide bonds. The van der Waals surface area contributed by atoms with Gasteiger partial charge < -0.3 is 28.1 Å². The van der Waals surface area contributed by atoms with E-state index in [2.05, 4.69) is 0 Å². The molecule has 1 aromatic heterocycles. The standard InChI is InChI=1S/C26H29NO7S2/c1-29-13-32-22-11-17(10-21(31-3)24(22)33-14-30-2)20-7-6-18(34-20)12-23-25(28)27(26(35)36-23)19-9-15-4-5-16(19)8-15/h6-7,10-12,15-16,19H,4-5,8-9,13-14H2,1-3H3/b23-12-. The Balaban J connectivity index is 1.38. The van der Waals surface area contributed by atoms with Gasteiger partial charge in [-0.05, 0) is 55.4 Å². The monoisotopic (exact) mass is 531 g/mol. The number of ether oxygens (including phenoxy) is 5. The number of nitrogens with zero attached hydrogens (tertiary/aromatic N) is 1. The minimum Gasteiger partial charge on any atom is -0.493 e. The number of carbonyl (C=O) groups excluding carboxylic acids is 1. The third-order valence-electron chi connectivity index (χ3n) is 6.93. The van der Waals surface area contributed by atoms with Crippen LogP contribution in [0.3, 0.4) is 0 Å². The van der Waals surface area contributed by atoms with E-state index in [9.17, 15) is 4.79 Å². The second kappa shape index (κ2) is 10.8. The van der Waals surface area contributed by atoms with Crippen molar-refractivity contribution in [2.45, 2.75) is 31.7 Å². The zero-order chi connectivity index (χ0) is 25.2. The molecule has 2 heterocycles. The van der Waals surface area contributed by atoms with Crippen LogP contribution in [0.25, 0.3) is 17.4 Å². The second-order valence-electron chi connectivity index (χ2n) is 9.10. The lowest BCUT2D eigenvalue weighted by Gasteiger charge is -2.30. The molecule has 1 aromatic carbocycles. The minimum absolute atomic E-state index is 0.0166. The Bertz CT molecular complexity index is 1180. The molecule has 2 aromatic rings. The molecule has 0 spiro atoms. The summed E-state index contributed by atoms with van der Waals surface area (Å²) in [5.74, 6) is 3.73. The van der Waals surface area contributed by atoms with Gasteiger partial charge in [-0.1, -0.05) is 30.4 Å². The van der Waals surface area contributed by atoms with Crippen LogP contribution >= 0.6 is 24.0 Å². The van der Waals surface area contributed by atoms with Gasteiger partial charge in [0.15, 0.2) is 25.1 Å². The number of benzene rings is 1. The highest BCUT2D eigenvalue weighted by atomic mass is 32.2. The predicted octanol–water partition coefficient (Wildman–Crippen LogP) is 5.31. The molecule has 8 nitrogen and oxygen atoms in total. The van der Waals surface area contributed by atoms with Crippen molar-refractivity contribution in [2.24, 2.45) is 11.8 Å². The number of hydrogen-bond acceptors (Lipinski definition) is 9. The maximum atomic E-state index is 13.3. The molecule has 3 fully saturated rings. The minimum atomic E-state index is -0.0166. The van der Waals surface area contributed by atoms with Gasteiger partial charge in [0.25, 0.3) is 5.91 Å². The van der Waals surface area contributed by atoms with Crippen LogP contribution in [0.5, 0.6) is 17.2 Å². The molecule has 192 valence electrons. The average Bonchev–Trinajstić information content (AvgIpc) is 3.67. The van der Waals surface area contributed by atoms with E-state index in [4.69, 9.17) is 40.3 Å². The maximum Gasteiger partial charge on any atom is 0.266 e. The van der Waals surface area contributed by atoms with Crippen molar-refractivity contribution in [3.63, 3.8) is 0 Å². The molecule has 3 unspecified atom stereocenters. The van der Waals surface area contributed by atoms with Gasteiger partial charge in [0.2, 0.25) is 5.75 Å².